The molecule has 1 amide bonds. The highest BCUT2D eigenvalue weighted by Crippen LogP contribution is 2.23. The fourth-order valence-corrected chi connectivity index (χ4v) is 2.27. The van der Waals surface area contributed by atoms with E-state index in [1.807, 2.05) is 32.0 Å². The van der Waals surface area contributed by atoms with Crippen LogP contribution in [0.5, 0.6) is 0 Å². The number of para-hydroxylation sites is 1. The molecule has 1 unspecified atom stereocenters. The second-order valence-electron chi connectivity index (χ2n) is 4.62. The zero-order chi connectivity index (χ0) is 14.6. The van der Waals surface area contributed by atoms with Crippen LogP contribution in [0.3, 0.4) is 0 Å². The lowest BCUT2D eigenvalue weighted by Crippen LogP contribution is -2.32. The molecule has 1 aromatic carbocycles. The molecule has 0 fully saturated rings. The third-order valence-corrected chi connectivity index (χ3v) is 4.76. The van der Waals surface area contributed by atoms with Crippen molar-refractivity contribution in [1.29, 1.82) is 0 Å². The van der Waals surface area contributed by atoms with Crippen molar-refractivity contribution in [2.24, 2.45) is 0 Å². The van der Waals surface area contributed by atoms with Gasteiger partial charge in [0.2, 0.25) is 5.91 Å². The zero-order valence-corrected chi connectivity index (χ0v) is 12.7. The second-order valence-corrected chi connectivity index (χ2v) is 6.99. The minimum absolute atomic E-state index is 0.474. The van der Waals surface area contributed by atoms with E-state index in [9.17, 15) is 13.2 Å². The number of benzene rings is 1. The lowest BCUT2D eigenvalue weighted by molar-refractivity contribution is -0.115. The molecule has 106 valence electrons. The van der Waals surface area contributed by atoms with Crippen molar-refractivity contribution in [3.8, 4) is 0 Å². The van der Waals surface area contributed by atoms with Crippen molar-refractivity contribution in [1.82, 2.24) is 0 Å². The summed E-state index contributed by atoms with van der Waals surface area (Å²) in [7, 11) is -3.37. The highest BCUT2D eigenvalue weighted by Gasteiger charge is 2.24. The summed E-state index contributed by atoms with van der Waals surface area (Å²) in [6, 6.07) is 5.84. The van der Waals surface area contributed by atoms with Gasteiger partial charge < -0.3 is 5.32 Å². The Kier molecular flexibility index (Phi) is 5.11. The van der Waals surface area contributed by atoms with Gasteiger partial charge in [-0.15, -0.1) is 0 Å². The summed E-state index contributed by atoms with van der Waals surface area (Å²) in [5.41, 5.74) is 2.80. The summed E-state index contributed by atoms with van der Waals surface area (Å²) in [6.45, 7) is 5.42. The lowest BCUT2D eigenvalue weighted by Gasteiger charge is -2.16. The molecule has 0 saturated heterocycles. The number of nitrogens with one attached hydrogen (secondary N) is 1. The van der Waals surface area contributed by atoms with Crippen LogP contribution in [0.4, 0.5) is 5.69 Å². The largest absolute Gasteiger partial charge is 0.324 e. The van der Waals surface area contributed by atoms with Gasteiger partial charge in [0.25, 0.3) is 0 Å². The number of rotatable bonds is 5. The topological polar surface area (TPSA) is 63.2 Å². The number of hydrogen-bond acceptors (Lipinski definition) is 3. The predicted octanol–water partition coefficient (Wildman–Crippen LogP) is 2.18. The maximum Gasteiger partial charge on any atom is 0.242 e. The molecule has 1 rings (SSSR count). The SMILES string of the molecule is CCc1cccc(CC)c1NC(=O)C(C)S(C)(=O)=O. The van der Waals surface area contributed by atoms with Gasteiger partial charge in [-0.1, -0.05) is 32.0 Å². The van der Waals surface area contributed by atoms with Crippen LogP contribution in [0.25, 0.3) is 0 Å². The molecular formula is C14H21NO3S. The summed E-state index contributed by atoms with van der Waals surface area (Å²) in [5.74, 6) is -0.474. The van der Waals surface area contributed by atoms with E-state index < -0.39 is 21.0 Å². The lowest BCUT2D eigenvalue weighted by atomic mass is 10.0. The van der Waals surface area contributed by atoms with Crippen molar-refractivity contribution in [3.05, 3.63) is 29.3 Å². The zero-order valence-electron chi connectivity index (χ0n) is 11.9. The molecule has 0 aliphatic heterocycles. The van der Waals surface area contributed by atoms with Crippen LogP contribution in [0.15, 0.2) is 18.2 Å². The minimum atomic E-state index is -3.37. The van der Waals surface area contributed by atoms with Crippen LogP contribution in [0, 0.1) is 0 Å². The Hall–Kier alpha value is -1.36. The van der Waals surface area contributed by atoms with Gasteiger partial charge in [-0.3, -0.25) is 4.79 Å². The molecule has 0 bridgehead atoms. The monoisotopic (exact) mass is 283 g/mol. The van der Waals surface area contributed by atoms with Crippen LogP contribution < -0.4 is 5.32 Å². The average Bonchev–Trinajstić information content (AvgIpc) is 2.36. The van der Waals surface area contributed by atoms with Gasteiger partial charge in [0.15, 0.2) is 9.84 Å². The molecule has 0 aliphatic rings. The molecule has 0 heterocycles. The molecule has 1 atom stereocenters. The smallest absolute Gasteiger partial charge is 0.242 e. The number of aryl methyl sites for hydroxylation is 2. The van der Waals surface area contributed by atoms with E-state index in [-0.39, 0.29) is 0 Å². The normalized spacial score (nSPS) is 13.1. The molecule has 0 aromatic heterocycles. The third-order valence-electron chi connectivity index (χ3n) is 3.26. The Morgan fingerprint density at radius 1 is 1.21 bits per heavy atom. The number of carbonyl (C=O) groups excluding carboxylic acids is 1. The molecule has 1 N–H and O–H groups in total. The van der Waals surface area contributed by atoms with Crippen molar-refractivity contribution in [2.45, 2.75) is 38.9 Å². The first-order chi connectivity index (χ1) is 8.81. The van der Waals surface area contributed by atoms with E-state index in [4.69, 9.17) is 0 Å². The molecule has 0 saturated carbocycles. The maximum atomic E-state index is 12.0. The molecule has 0 aliphatic carbocycles. The Labute approximate surface area is 115 Å². The second kappa shape index (κ2) is 6.19. The molecule has 1 aromatic rings. The molecule has 5 heteroatoms. The van der Waals surface area contributed by atoms with E-state index >= 15 is 0 Å². The predicted molar refractivity (Wildman–Crippen MR) is 78.1 cm³/mol. The Morgan fingerprint density at radius 3 is 2.05 bits per heavy atom. The van der Waals surface area contributed by atoms with E-state index in [1.165, 1.54) is 6.92 Å². The number of hydrogen-bond donors (Lipinski definition) is 1. The first-order valence-corrected chi connectivity index (χ1v) is 8.37. The average molecular weight is 283 g/mol. The van der Waals surface area contributed by atoms with E-state index in [0.717, 1.165) is 35.9 Å². The van der Waals surface area contributed by atoms with Gasteiger partial charge in [-0.25, -0.2) is 8.42 Å². The summed E-state index contributed by atoms with van der Waals surface area (Å²) in [4.78, 5) is 12.0. The fourth-order valence-electron chi connectivity index (χ4n) is 1.82. The summed E-state index contributed by atoms with van der Waals surface area (Å²) < 4.78 is 22.8. The van der Waals surface area contributed by atoms with Crippen LogP contribution in [-0.2, 0) is 27.5 Å². The van der Waals surface area contributed by atoms with Crippen molar-refractivity contribution < 1.29 is 13.2 Å². The molecule has 0 radical (unpaired) electrons. The van der Waals surface area contributed by atoms with E-state index in [1.54, 1.807) is 0 Å². The quantitative estimate of drug-likeness (QED) is 0.901. The number of anilines is 1. The van der Waals surface area contributed by atoms with Crippen molar-refractivity contribution >= 4 is 21.4 Å². The van der Waals surface area contributed by atoms with Gasteiger partial charge in [0.1, 0.15) is 5.25 Å². The molecular weight excluding hydrogens is 262 g/mol. The first kappa shape index (κ1) is 15.7. The molecule has 19 heavy (non-hydrogen) atoms. The van der Waals surface area contributed by atoms with Gasteiger partial charge in [-0.05, 0) is 30.9 Å². The minimum Gasteiger partial charge on any atom is -0.324 e. The standard InChI is InChI=1S/C14H21NO3S/c1-5-11-8-7-9-12(6-2)13(11)15-14(16)10(3)19(4,17)18/h7-10H,5-6H2,1-4H3,(H,15,16). The molecule has 4 nitrogen and oxygen atoms in total. The highest BCUT2D eigenvalue weighted by atomic mass is 32.2. The van der Waals surface area contributed by atoms with Gasteiger partial charge >= 0.3 is 0 Å². The van der Waals surface area contributed by atoms with Crippen molar-refractivity contribution in [2.75, 3.05) is 11.6 Å². The van der Waals surface area contributed by atoms with Crippen LogP contribution in [0.2, 0.25) is 0 Å². The van der Waals surface area contributed by atoms with Gasteiger partial charge in [0, 0.05) is 11.9 Å². The van der Waals surface area contributed by atoms with Crippen molar-refractivity contribution in [3.63, 3.8) is 0 Å². The summed E-state index contributed by atoms with van der Waals surface area (Å²) >= 11 is 0. The Bertz CT molecular complexity index is 542. The van der Waals surface area contributed by atoms with Gasteiger partial charge in [0.05, 0.1) is 0 Å². The number of carbonyl (C=O) groups is 1. The van der Waals surface area contributed by atoms with E-state index in [2.05, 4.69) is 5.32 Å². The summed E-state index contributed by atoms with van der Waals surface area (Å²) in [5, 5.41) is 1.73. The van der Waals surface area contributed by atoms with Crippen LogP contribution >= 0.6 is 0 Å². The number of sulfone groups is 1. The Morgan fingerprint density at radius 2 is 1.68 bits per heavy atom. The van der Waals surface area contributed by atoms with Crippen LogP contribution in [-0.4, -0.2) is 25.8 Å². The number of amides is 1. The highest BCUT2D eigenvalue weighted by molar-refractivity contribution is 7.92. The Balaban J connectivity index is 3.09. The maximum absolute atomic E-state index is 12.0. The fraction of sp³-hybridized carbons (Fsp3) is 0.500. The third kappa shape index (κ3) is 3.80. The van der Waals surface area contributed by atoms with Crippen LogP contribution in [0.1, 0.15) is 31.9 Å². The van der Waals surface area contributed by atoms with Gasteiger partial charge in [-0.2, -0.15) is 0 Å². The summed E-state index contributed by atoms with van der Waals surface area (Å²) in [6.07, 6.45) is 2.65. The van der Waals surface area contributed by atoms with E-state index in [0.29, 0.717) is 0 Å². The molecule has 0 spiro atoms. The first-order valence-electron chi connectivity index (χ1n) is 6.41.